The molecule has 0 atom stereocenters. The molecular weight excluding hydrogens is 415 g/mol. The van der Waals surface area contributed by atoms with Crippen molar-refractivity contribution in [1.29, 1.82) is 0 Å². The first-order chi connectivity index (χ1) is 8.58. The van der Waals surface area contributed by atoms with Gasteiger partial charge in [0.05, 0.1) is 12.7 Å². The topological polar surface area (TPSA) is 75.4 Å². The van der Waals surface area contributed by atoms with Crippen molar-refractivity contribution < 1.29 is 14.4 Å². The SMILES string of the molecule is O=C(O)c1cnoc1CNc1ccc(I)c(Br)c1. The predicted molar refractivity (Wildman–Crippen MR) is 77.6 cm³/mol. The first kappa shape index (κ1) is 13.3. The summed E-state index contributed by atoms with van der Waals surface area (Å²) < 4.78 is 6.97. The molecule has 1 aromatic carbocycles. The summed E-state index contributed by atoms with van der Waals surface area (Å²) in [5, 5.41) is 15.5. The first-order valence-electron chi connectivity index (χ1n) is 4.93. The third-order valence-electron chi connectivity index (χ3n) is 2.25. The van der Waals surface area contributed by atoms with Gasteiger partial charge in [-0.2, -0.15) is 0 Å². The maximum Gasteiger partial charge on any atom is 0.341 e. The molecule has 1 aromatic heterocycles. The molecule has 2 N–H and O–H groups in total. The molecule has 0 saturated carbocycles. The number of aromatic carboxylic acids is 1. The molecular formula is C11H8BrIN2O3. The van der Waals surface area contributed by atoms with Crippen molar-refractivity contribution in [3.63, 3.8) is 0 Å². The average Bonchev–Trinajstić information content (AvgIpc) is 2.79. The van der Waals surface area contributed by atoms with Gasteiger partial charge in [-0.25, -0.2) is 4.79 Å². The molecule has 0 bridgehead atoms. The van der Waals surface area contributed by atoms with E-state index in [2.05, 4.69) is 49.0 Å². The summed E-state index contributed by atoms with van der Waals surface area (Å²) in [5.74, 6) is -0.742. The van der Waals surface area contributed by atoms with Gasteiger partial charge < -0.3 is 14.9 Å². The van der Waals surface area contributed by atoms with Crippen LogP contribution in [0.4, 0.5) is 5.69 Å². The number of aromatic nitrogens is 1. The Kier molecular flexibility index (Phi) is 4.23. The standard InChI is InChI=1S/C11H8BrIN2O3/c12-8-3-6(1-2-9(8)13)14-5-10-7(11(16)17)4-15-18-10/h1-4,14H,5H2,(H,16,17). The van der Waals surface area contributed by atoms with Gasteiger partial charge in [-0.1, -0.05) is 5.16 Å². The van der Waals surface area contributed by atoms with Crippen molar-refractivity contribution in [3.05, 3.63) is 43.8 Å². The molecule has 2 rings (SSSR count). The van der Waals surface area contributed by atoms with Crippen molar-refractivity contribution >= 4 is 50.2 Å². The summed E-state index contributed by atoms with van der Waals surface area (Å²) in [6, 6.07) is 5.77. The quantitative estimate of drug-likeness (QED) is 0.739. The lowest BCUT2D eigenvalue weighted by Gasteiger charge is -2.06. The van der Waals surface area contributed by atoms with Crippen LogP contribution in [0, 0.1) is 3.57 Å². The van der Waals surface area contributed by atoms with Crippen LogP contribution in [-0.2, 0) is 6.54 Å². The van der Waals surface area contributed by atoms with Crippen LogP contribution in [0.2, 0.25) is 0 Å². The largest absolute Gasteiger partial charge is 0.478 e. The van der Waals surface area contributed by atoms with Crippen molar-refractivity contribution in [2.24, 2.45) is 0 Å². The fourth-order valence-corrected chi connectivity index (χ4v) is 2.07. The molecule has 1 heterocycles. The Bertz CT molecular complexity index is 585. The number of anilines is 1. The Hall–Kier alpha value is -1.09. The van der Waals surface area contributed by atoms with Gasteiger partial charge >= 0.3 is 5.97 Å². The van der Waals surface area contributed by atoms with E-state index in [0.29, 0.717) is 5.76 Å². The highest BCUT2D eigenvalue weighted by Crippen LogP contribution is 2.23. The highest BCUT2D eigenvalue weighted by Gasteiger charge is 2.14. The number of carbonyl (C=O) groups is 1. The summed E-state index contributed by atoms with van der Waals surface area (Å²) in [4.78, 5) is 10.9. The fraction of sp³-hybridized carbons (Fsp3) is 0.0909. The summed E-state index contributed by atoms with van der Waals surface area (Å²) in [6.07, 6.45) is 1.20. The monoisotopic (exact) mass is 422 g/mol. The van der Waals surface area contributed by atoms with E-state index in [4.69, 9.17) is 9.63 Å². The maximum atomic E-state index is 10.9. The van der Waals surface area contributed by atoms with Gasteiger partial charge in [-0.15, -0.1) is 0 Å². The number of carboxylic acids is 1. The van der Waals surface area contributed by atoms with E-state index in [1.165, 1.54) is 6.20 Å². The maximum absolute atomic E-state index is 10.9. The highest BCUT2D eigenvalue weighted by atomic mass is 127. The van der Waals surface area contributed by atoms with Crippen LogP contribution in [0.25, 0.3) is 0 Å². The van der Waals surface area contributed by atoms with Crippen LogP contribution in [0.1, 0.15) is 16.1 Å². The van der Waals surface area contributed by atoms with E-state index >= 15 is 0 Å². The number of nitrogens with one attached hydrogen (secondary N) is 1. The Morgan fingerprint density at radius 2 is 2.33 bits per heavy atom. The Balaban J connectivity index is 2.09. The van der Waals surface area contributed by atoms with Crippen molar-refractivity contribution in [2.45, 2.75) is 6.54 Å². The summed E-state index contributed by atoms with van der Waals surface area (Å²) >= 11 is 5.64. The second kappa shape index (κ2) is 5.70. The third kappa shape index (κ3) is 3.02. The molecule has 0 aliphatic carbocycles. The predicted octanol–water partition coefficient (Wildman–Crippen LogP) is 3.35. The number of hydrogen-bond donors (Lipinski definition) is 2. The lowest BCUT2D eigenvalue weighted by atomic mass is 10.2. The van der Waals surface area contributed by atoms with Crippen LogP contribution >= 0.6 is 38.5 Å². The van der Waals surface area contributed by atoms with E-state index in [1.54, 1.807) is 0 Å². The number of benzene rings is 1. The number of hydrogen-bond acceptors (Lipinski definition) is 4. The second-order valence-corrected chi connectivity index (χ2v) is 5.47. The molecule has 5 nitrogen and oxygen atoms in total. The van der Waals surface area contributed by atoms with Crippen molar-refractivity contribution in [3.8, 4) is 0 Å². The molecule has 0 aliphatic heterocycles. The lowest BCUT2D eigenvalue weighted by molar-refractivity contribution is 0.0694. The number of rotatable bonds is 4. The summed E-state index contributed by atoms with van der Waals surface area (Å²) in [7, 11) is 0. The molecule has 7 heteroatoms. The lowest BCUT2D eigenvalue weighted by Crippen LogP contribution is -2.04. The molecule has 0 fully saturated rings. The normalized spacial score (nSPS) is 10.3. The smallest absolute Gasteiger partial charge is 0.341 e. The van der Waals surface area contributed by atoms with E-state index in [0.717, 1.165) is 13.7 Å². The first-order valence-corrected chi connectivity index (χ1v) is 6.81. The average molecular weight is 423 g/mol. The van der Waals surface area contributed by atoms with Crippen LogP contribution in [0.15, 0.2) is 33.4 Å². The molecule has 0 amide bonds. The molecule has 0 spiro atoms. The molecule has 0 unspecified atom stereocenters. The van der Waals surface area contributed by atoms with Crippen LogP contribution in [-0.4, -0.2) is 16.2 Å². The second-order valence-electron chi connectivity index (χ2n) is 3.45. The zero-order valence-electron chi connectivity index (χ0n) is 8.98. The van der Waals surface area contributed by atoms with Crippen molar-refractivity contribution in [1.82, 2.24) is 5.16 Å². The van der Waals surface area contributed by atoms with Gasteiger partial charge in [0.25, 0.3) is 0 Å². The minimum atomic E-state index is -1.04. The highest BCUT2D eigenvalue weighted by molar-refractivity contribution is 14.1. The van der Waals surface area contributed by atoms with Gasteiger partial charge in [0.2, 0.25) is 0 Å². The van der Waals surface area contributed by atoms with Crippen LogP contribution in [0.3, 0.4) is 0 Å². The number of carboxylic acid groups (broad SMARTS) is 1. The molecule has 94 valence electrons. The summed E-state index contributed by atoms with van der Waals surface area (Å²) in [6.45, 7) is 0.272. The zero-order valence-corrected chi connectivity index (χ0v) is 12.7. The van der Waals surface area contributed by atoms with Gasteiger partial charge in [-0.3, -0.25) is 0 Å². The molecule has 0 saturated heterocycles. The van der Waals surface area contributed by atoms with E-state index in [-0.39, 0.29) is 12.1 Å². The zero-order chi connectivity index (χ0) is 13.1. The minimum Gasteiger partial charge on any atom is -0.478 e. The molecule has 0 aliphatic rings. The van der Waals surface area contributed by atoms with Gasteiger partial charge in [0, 0.05) is 13.7 Å². The van der Waals surface area contributed by atoms with Gasteiger partial charge in [0.15, 0.2) is 5.76 Å². The van der Waals surface area contributed by atoms with E-state index in [1.807, 2.05) is 18.2 Å². The van der Waals surface area contributed by atoms with Crippen LogP contribution in [0.5, 0.6) is 0 Å². The summed E-state index contributed by atoms with van der Waals surface area (Å²) in [5.41, 5.74) is 0.946. The van der Waals surface area contributed by atoms with Crippen LogP contribution < -0.4 is 5.32 Å². The van der Waals surface area contributed by atoms with Gasteiger partial charge in [-0.05, 0) is 56.7 Å². The van der Waals surface area contributed by atoms with E-state index < -0.39 is 5.97 Å². The molecule has 2 aromatic rings. The molecule has 0 radical (unpaired) electrons. The molecule has 18 heavy (non-hydrogen) atoms. The van der Waals surface area contributed by atoms with E-state index in [9.17, 15) is 4.79 Å². The van der Waals surface area contributed by atoms with Crippen molar-refractivity contribution in [2.75, 3.05) is 5.32 Å². The van der Waals surface area contributed by atoms with Gasteiger partial charge in [0.1, 0.15) is 5.56 Å². The third-order valence-corrected chi connectivity index (χ3v) is 4.59. The number of halogens is 2. The minimum absolute atomic E-state index is 0.0760. The Morgan fingerprint density at radius 1 is 1.56 bits per heavy atom. The Morgan fingerprint density at radius 3 is 3.00 bits per heavy atom. The Labute approximate surface area is 125 Å². The number of nitrogens with zero attached hydrogens (tertiary/aromatic N) is 1. The fourth-order valence-electron chi connectivity index (χ4n) is 1.35.